The molecular formula is C17H25N3O3. The summed E-state index contributed by atoms with van der Waals surface area (Å²) in [5, 5.41) is 9.99. The number of nitrogens with zero attached hydrogens (tertiary/aromatic N) is 1. The molecule has 0 aliphatic carbocycles. The van der Waals surface area contributed by atoms with Crippen LogP contribution in [0.25, 0.3) is 10.9 Å². The number of hydrogen-bond acceptors (Lipinski definition) is 4. The van der Waals surface area contributed by atoms with Gasteiger partial charge in [-0.1, -0.05) is 13.8 Å². The van der Waals surface area contributed by atoms with Crippen LogP contribution in [-0.4, -0.2) is 48.4 Å². The molecule has 0 bridgehead atoms. The van der Waals surface area contributed by atoms with E-state index in [-0.39, 0.29) is 0 Å². The maximum absolute atomic E-state index is 10.9. The maximum atomic E-state index is 10.9. The Bertz CT molecular complexity index is 648. The number of benzene rings is 1. The Labute approximate surface area is 136 Å². The van der Waals surface area contributed by atoms with Gasteiger partial charge >= 0.3 is 5.97 Å². The Kier molecular flexibility index (Phi) is 6.01. The minimum atomic E-state index is -0.978. The van der Waals surface area contributed by atoms with E-state index >= 15 is 0 Å². The predicted molar refractivity (Wildman–Crippen MR) is 92.0 cm³/mol. The number of nitrogens with two attached hydrogens (primary N) is 1. The smallest absolute Gasteiger partial charge is 0.320 e. The maximum Gasteiger partial charge on any atom is 0.320 e. The highest BCUT2D eigenvalue weighted by Gasteiger charge is 2.16. The zero-order chi connectivity index (χ0) is 16.8. The lowest BCUT2D eigenvalue weighted by atomic mass is 10.0. The first kappa shape index (κ1) is 17.3. The van der Waals surface area contributed by atoms with Gasteiger partial charge < -0.3 is 25.5 Å². The minimum absolute atomic E-state index is 0.321. The molecule has 1 aliphatic rings. The molecule has 23 heavy (non-hydrogen) atoms. The number of aromatic nitrogens is 1. The molecule has 0 radical (unpaired) electrons. The minimum Gasteiger partial charge on any atom is -0.480 e. The summed E-state index contributed by atoms with van der Waals surface area (Å²) in [4.78, 5) is 16.4. The second-order valence-electron chi connectivity index (χ2n) is 5.29. The number of nitrogens with one attached hydrogen (secondary N) is 1. The van der Waals surface area contributed by atoms with Gasteiger partial charge in [-0.15, -0.1) is 0 Å². The fourth-order valence-corrected chi connectivity index (χ4v) is 2.68. The van der Waals surface area contributed by atoms with Gasteiger partial charge in [-0.2, -0.15) is 0 Å². The average Bonchev–Trinajstić information content (AvgIpc) is 2.99. The van der Waals surface area contributed by atoms with Crippen molar-refractivity contribution in [1.82, 2.24) is 4.98 Å². The van der Waals surface area contributed by atoms with Crippen LogP contribution in [0.4, 0.5) is 5.69 Å². The standard InChI is InChI=1S/C15H19N3O3.C2H6/c16-13(15(19)20)7-10-9-17-14-2-1-11(8-12(10)14)18-3-5-21-6-4-18;1-2/h1-2,8-9,13,17H,3-7,16H2,(H,19,20);1-2H3. The number of fused-ring (bicyclic) bond motifs is 1. The van der Waals surface area contributed by atoms with Crippen molar-refractivity contribution >= 4 is 22.6 Å². The lowest BCUT2D eigenvalue weighted by Gasteiger charge is -2.29. The van der Waals surface area contributed by atoms with Gasteiger partial charge in [0.15, 0.2) is 0 Å². The van der Waals surface area contributed by atoms with Gasteiger partial charge in [0.2, 0.25) is 0 Å². The molecule has 0 spiro atoms. The number of ether oxygens (including phenoxy) is 1. The Morgan fingerprint density at radius 2 is 2.09 bits per heavy atom. The molecule has 1 atom stereocenters. The number of carboxylic acids is 1. The number of H-pyrrole nitrogens is 1. The highest BCUT2D eigenvalue weighted by molar-refractivity contribution is 5.87. The van der Waals surface area contributed by atoms with Crippen LogP contribution in [0.3, 0.4) is 0 Å². The van der Waals surface area contributed by atoms with E-state index in [0.29, 0.717) is 6.42 Å². The topological polar surface area (TPSA) is 91.6 Å². The molecule has 1 saturated heterocycles. The van der Waals surface area contributed by atoms with E-state index in [1.54, 1.807) is 0 Å². The van der Waals surface area contributed by atoms with E-state index in [2.05, 4.69) is 22.0 Å². The van der Waals surface area contributed by atoms with Crippen molar-refractivity contribution in [2.45, 2.75) is 26.3 Å². The van der Waals surface area contributed by atoms with Crippen LogP contribution < -0.4 is 10.6 Å². The number of rotatable bonds is 4. The van der Waals surface area contributed by atoms with Gasteiger partial charge in [0.1, 0.15) is 6.04 Å². The molecule has 126 valence electrons. The van der Waals surface area contributed by atoms with Crippen LogP contribution in [0, 0.1) is 0 Å². The van der Waals surface area contributed by atoms with Crippen LogP contribution >= 0.6 is 0 Å². The first-order chi connectivity index (χ1) is 11.1. The average molecular weight is 319 g/mol. The molecule has 6 nitrogen and oxygen atoms in total. The number of hydrogen-bond donors (Lipinski definition) is 3. The Morgan fingerprint density at radius 1 is 1.39 bits per heavy atom. The monoisotopic (exact) mass is 319 g/mol. The molecule has 4 N–H and O–H groups in total. The van der Waals surface area contributed by atoms with Gasteiger partial charge in [0, 0.05) is 42.3 Å². The second kappa shape index (κ2) is 7.99. The summed E-state index contributed by atoms with van der Waals surface area (Å²) < 4.78 is 5.37. The van der Waals surface area contributed by atoms with Crippen molar-refractivity contribution in [3.63, 3.8) is 0 Å². The summed E-state index contributed by atoms with van der Waals surface area (Å²) in [7, 11) is 0. The summed E-state index contributed by atoms with van der Waals surface area (Å²) >= 11 is 0. The Hall–Kier alpha value is -2.05. The van der Waals surface area contributed by atoms with E-state index in [4.69, 9.17) is 15.6 Å². The third-order valence-corrected chi connectivity index (χ3v) is 3.88. The number of aliphatic carboxylic acids is 1. The normalized spacial score (nSPS) is 15.9. The molecule has 2 heterocycles. The molecule has 0 saturated carbocycles. The first-order valence-corrected chi connectivity index (χ1v) is 8.06. The summed E-state index contributed by atoms with van der Waals surface area (Å²) in [5.74, 6) is -0.978. The van der Waals surface area contributed by atoms with Crippen molar-refractivity contribution in [2.24, 2.45) is 5.73 Å². The van der Waals surface area contributed by atoms with E-state index in [1.165, 1.54) is 0 Å². The lowest BCUT2D eigenvalue weighted by Crippen LogP contribution is -2.36. The molecule has 1 unspecified atom stereocenters. The van der Waals surface area contributed by atoms with E-state index in [9.17, 15) is 4.79 Å². The fraction of sp³-hybridized carbons (Fsp3) is 0.471. The molecular weight excluding hydrogens is 294 g/mol. The highest BCUT2D eigenvalue weighted by atomic mass is 16.5. The summed E-state index contributed by atoms with van der Waals surface area (Å²) in [5.41, 5.74) is 8.71. The van der Waals surface area contributed by atoms with E-state index in [0.717, 1.165) is 48.5 Å². The van der Waals surface area contributed by atoms with Crippen molar-refractivity contribution in [3.8, 4) is 0 Å². The molecule has 1 aliphatic heterocycles. The number of morpholine rings is 1. The van der Waals surface area contributed by atoms with Crippen LogP contribution in [0.15, 0.2) is 24.4 Å². The number of anilines is 1. The van der Waals surface area contributed by atoms with Gasteiger partial charge in [-0.25, -0.2) is 0 Å². The van der Waals surface area contributed by atoms with Crippen LogP contribution in [0.1, 0.15) is 19.4 Å². The molecule has 6 heteroatoms. The van der Waals surface area contributed by atoms with Crippen molar-refractivity contribution in [3.05, 3.63) is 30.0 Å². The van der Waals surface area contributed by atoms with E-state index < -0.39 is 12.0 Å². The summed E-state index contributed by atoms with van der Waals surface area (Å²) in [6.45, 7) is 7.23. The van der Waals surface area contributed by atoms with Gasteiger partial charge in [-0.3, -0.25) is 4.79 Å². The van der Waals surface area contributed by atoms with Gasteiger partial charge in [0.05, 0.1) is 13.2 Å². The third-order valence-electron chi connectivity index (χ3n) is 3.88. The molecule has 3 rings (SSSR count). The number of carbonyl (C=O) groups is 1. The SMILES string of the molecule is CC.NC(Cc1c[nH]c2ccc(N3CCOCC3)cc12)C(=O)O. The quantitative estimate of drug-likeness (QED) is 0.801. The van der Waals surface area contributed by atoms with Crippen LogP contribution in [-0.2, 0) is 16.0 Å². The molecule has 2 aromatic rings. The molecule has 1 fully saturated rings. The zero-order valence-electron chi connectivity index (χ0n) is 13.7. The molecule has 0 amide bonds. The third kappa shape index (κ3) is 4.03. The van der Waals surface area contributed by atoms with Crippen molar-refractivity contribution in [1.29, 1.82) is 0 Å². The Morgan fingerprint density at radius 3 is 2.74 bits per heavy atom. The van der Waals surface area contributed by atoms with Crippen molar-refractivity contribution < 1.29 is 14.6 Å². The predicted octanol–water partition coefficient (Wildman–Crippen LogP) is 1.99. The lowest BCUT2D eigenvalue weighted by molar-refractivity contribution is -0.138. The number of carboxylic acid groups (broad SMARTS) is 1. The number of aromatic amines is 1. The molecule has 1 aromatic carbocycles. The van der Waals surface area contributed by atoms with Crippen LogP contribution in [0.2, 0.25) is 0 Å². The zero-order valence-corrected chi connectivity index (χ0v) is 13.7. The summed E-state index contributed by atoms with van der Waals surface area (Å²) in [6.07, 6.45) is 2.17. The van der Waals surface area contributed by atoms with Crippen molar-refractivity contribution in [2.75, 3.05) is 31.2 Å². The highest BCUT2D eigenvalue weighted by Crippen LogP contribution is 2.26. The van der Waals surface area contributed by atoms with E-state index in [1.807, 2.05) is 26.1 Å². The Balaban J connectivity index is 0.000000924. The second-order valence-corrected chi connectivity index (χ2v) is 5.29. The van der Waals surface area contributed by atoms with Crippen LogP contribution in [0.5, 0.6) is 0 Å². The van der Waals surface area contributed by atoms with Gasteiger partial charge in [0.25, 0.3) is 0 Å². The van der Waals surface area contributed by atoms with Gasteiger partial charge in [-0.05, 0) is 23.8 Å². The molecule has 1 aromatic heterocycles. The largest absolute Gasteiger partial charge is 0.480 e. The first-order valence-electron chi connectivity index (χ1n) is 8.06. The summed E-state index contributed by atoms with van der Waals surface area (Å²) in [6, 6.07) is 5.32. The fourth-order valence-electron chi connectivity index (χ4n) is 2.68.